The monoisotopic (exact) mass is 235 g/mol. The number of aromatic nitrogens is 1. The molecule has 2 aliphatic rings. The van der Waals surface area contributed by atoms with E-state index in [-0.39, 0.29) is 5.88 Å². The van der Waals surface area contributed by atoms with Crippen LogP contribution in [0.5, 0.6) is 5.88 Å². The van der Waals surface area contributed by atoms with Gasteiger partial charge in [-0.1, -0.05) is 6.07 Å². The van der Waals surface area contributed by atoms with E-state index in [1.807, 2.05) is 0 Å². The highest BCUT2D eigenvalue weighted by molar-refractivity contribution is 5.64. The lowest BCUT2D eigenvalue weighted by Gasteiger charge is -2.40. The first-order valence-corrected chi connectivity index (χ1v) is 5.68. The van der Waals surface area contributed by atoms with E-state index >= 15 is 0 Å². The molecule has 1 aliphatic carbocycles. The van der Waals surface area contributed by atoms with Crippen LogP contribution in [0.15, 0.2) is 24.4 Å². The number of hydrogen-bond donors (Lipinski definition) is 0. The Labute approximate surface area is 98.7 Å². The van der Waals surface area contributed by atoms with Crippen LogP contribution in [0.1, 0.15) is 12.8 Å². The second kappa shape index (κ2) is 4.00. The van der Waals surface area contributed by atoms with E-state index in [1.165, 1.54) is 0 Å². The summed E-state index contributed by atoms with van der Waals surface area (Å²) < 4.78 is 15.5. The molecular formula is C12H13NO4. The first-order valence-electron chi connectivity index (χ1n) is 5.68. The molecule has 1 aromatic heterocycles. The average molecular weight is 235 g/mol. The normalized spacial score (nSPS) is 21.4. The summed E-state index contributed by atoms with van der Waals surface area (Å²) in [5, 5.41) is 0. The van der Waals surface area contributed by atoms with Gasteiger partial charge in [0.1, 0.15) is 0 Å². The summed E-state index contributed by atoms with van der Waals surface area (Å²) in [6.45, 7) is 0.962. The summed E-state index contributed by atoms with van der Waals surface area (Å²) in [7, 11) is 0. The molecule has 17 heavy (non-hydrogen) atoms. The minimum absolute atomic E-state index is 0.253. The molecule has 0 spiro atoms. The van der Waals surface area contributed by atoms with Crippen LogP contribution in [0.25, 0.3) is 0 Å². The molecular weight excluding hydrogens is 222 g/mol. The van der Waals surface area contributed by atoms with E-state index in [4.69, 9.17) is 14.2 Å². The number of ether oxygens (including phenoxy) is 3. The maximum absolute atomic E-state index is 11.6. The highest BCUT2D eigenvalue weighted by Gasteiger charge is 2.54. The first-order chi connectivity index (χ1) is 8.28. The van der Waals surface area contributed by atoms with Gasteiger partial charge in [0.25, 0.3) is 0 Å². The number of pyridine rings is 1. The molecule has 3 rings (SSSR count). The molecule has 0 amide bonds. The molecule has 90 valence electrons. The Morgan fingerprint density at radius 2 is 2.24 bits per heavy atom. The summed E-state index contributed by atoms with van der Waals surface area (Å²) in [6.07, 6.45) is 3.06. The summed E-state index contributed by atoms with van der Waals surface area (Å²) in [4.78, 5) is 15.5. The number of hydrogen-bond acceptors (Lipinski definition) is 5. The van der Waals surface area contributed by atoms with E-state index in [1.54, 1.807) is 24.4 Å². The smallest absolute Gasteiger partial charge is 0.422 e. The van der Waals surface area contributed by atoms with Crippen LogP contribution in [0.4, 0.5) is 4.79 Å². The zero-order valence-corrected chi connectivity index (χ0v) is 9.30. The Bertz CT molecular complexity index is 412. The fourth-order valence-electron chi connectivity index (χ4n) is 1.97. The highest BCUT2D eigenvalue weighted by atomic mass is 16.8. The van der Waals surface area contributed by atoms with Crippen LogP contribution in [0.2, 0.25) is 0 Å². The van der Waals surface area contributed by atoms with Crippen LogP contribution in [-0.4, -0.2) is 30.0 Å². The minimum Gasteiger partial charge on any atom is -0.422 e. The third-order valence-corrected chi connectivity index (χ3v) is 3.13. The quantitative estimate of drug-likeness (QED) is 0.747. The highest BCUT2D eigenvalue weighted by Crippen LogP contribution is 2.46. The largest absolute Gasteiger partial charge is 0.515 e. The van der Waals surface area contributed by atoms with Gasteiger partial charge in [-0.05, 0) is 18.9 Å². The van der Waals surface area contributed by atoms with Crippen molar-refractivity contribution in [2.45, 2.75) is 18.4 Å². The molecule has 5 heteroatoms. The van der Waals surface area contributed by atoms with Gasteiger partial charge in [-0.3, -0.25) is 0 Å². The molecule has 0 radical (unpaired) electrons. The number of carbonyl (C=O) groups excluding carboxylic acids is 1. The average Bonchev–Trinajstić information content (AvgIpc) is 3.09. The molecule has 1 saturated heterocycles. The van der Waals surface area contributed by atoms with Gasteiger partial charge in [0.2, 0.25) is 5.88 Å². The predicted molar refractivity (Wildman–Crippen MR) is 57.6 cm³/mol. The molecule has 0 atom stereocenters. The van der Waals surface area contributed by atoms with Crippen molar-refractivity contribution in [2.75, 3.05) is 13.2 Å². The van der Waals surface area contributed by atoms with Crippen molar-refractivity contribution in [3.63, 3.8) is 0 Å². The molecule has 2 fully saturated rings. The Kier molecular flexibility index (Phi) is 2.48. The zero-order valence-electron chi connectivity index (χ0n) is 9.30. The molecule has 0 unspecified atom stereocenters. The second-order valence-corrected chi connectivity index (χ2v) is 4.45. The Hall–Kier alpha value is -1.62. The van der Waals surface area contributed by atoms with Gasteiger partial charge in [0.15, 0.2) is 5.60 Å². The fraction of sp³-hybridized carbons (Fsp3) is 0.500. The number of carbonyl (C=O) groups is 1. The van der Waals surface area contributed by atoms with E-state index in [0.717, 1.165) is 12.8 Å². The fourth-order valence-corrected chi connectivity index (χ4v) is 1.97. The maximum atomic E-state index is 11.6. The Morgan fingerprint density at radius 1 is 1.41 bits per heavy atom. The lowest BCUT2D eigenvalue weighted by atomic mass is 9.96. The van der Waals surface area contributed by atoms with Gasteiger partial charge < -0.3 is 14.2 Å². The van der Waals surface area contributed by atoms with Crippen molar-refractivity contribution in [1.82, 2.24) is 4.98 Å². The van der Waals surface area contributed by atoms with Crippen LogP contribution in [0.3, 0.4) is 0 Å². The zero-order chi connectivity index (χ0) is 11.7. The SMILES string of the molecule is O=C(Oc1ccccn1)OC1(C2CC2)COC1. The summed E-state index contributed by atoms with van der Waals surface area (Å²) in [5.41, 5.74) is -0.439. The van der Waals surface area contributed by atoms with Crippen molar-refractivity contribution < 1.29 is 19.0 Å². The lowest BCUT2D eigenvalue weighted by Crippen LogP contribution is -2.55. The van der Waals surface area contributed by atoms with Crippen molar-refractivity contribution in [1.29, 1.82) is 0 Å². The van der Waals surface area contributed by atoms with Crippen molar-refractivity contribution in [2.24, 2.45) is 5.92 Å². The van der Waals surface area contributed by atoms with Gasteiger partial charge >= 0.3 is 6.16 Å². The van der Waals surface area contributed by atoms with Gasteiger partial charge in [0, 0.05) is 18.2 Å². The molecule has 5 nitrogen and oxygen atoms in total. The molecule has 1 aromatic rings. The van der Waals surface area contributed by atoms with Crippen LogP contribution < -0.4 is 4.74 Å². The minimum atomic E-state index is -0.695. The standard InChI is InChI=1S/C12H13NO4/c14-11(16-10-3-1-2-6-13-10)17-12(7-15-8-12)9-4-5-9/h1-3,6,9H,4-5,7-8H2. The lowest BCUT2D eigenvalue weighted by molar-refractivity contribution is -0.195. The van der Waals surface area contributed by atoms with Crippen LogP contribution >= 0.6 is 0 Å². The molecule has 0 aromatic carbocycles. The van der Waals surface area contributed by atoms with E-state index in [9.17, 15) is 4.79 Å². The summed E-state index contributed by atoms with van der Waals surface area (Å²) in [6, 6.07) is 5.12. The molecule has 1 saturated carbocycles. The van der Waals surface area contributed by atoms with Crippen molar-refractivity contribution in [3.05, 3.63) is 24.4 Å². The molecule has 2 heterocycles. The Balaban J connectivity index is 1.60. The Morgan fingerprint density at radius 3 is 2.76 bits per heavy atom. The van der Waals surface area contributed by atoms with Gasteiger partial charge in [0.05, 0.1) is 13.2 Å². The van der Waals surface area contributed by atoms with Crippen LogP contribution in [-0.2, 0) is 9.47 Å². The van der Waals surface area contributed by atoms with Crippen molar-refractivity contribution in [3.8, 4) is 5.88 Å². The van der Waals surface area contributed by atoms with Gasteiger partial charge in [-0.15, -0.1) is 0 Å². The third kappa shape index (κ3) is 2.10. The molecule has 0 bridgehead atoms. The maximum Gasteiger partial charge on any atom is 0.515 e. The summed E-state index contributed by atoms with van der Waals surface area (Å²) in [5.74, 6) is 0.691. The number of rotatable bonds is 3. The van der Waals surface area contributed by atoms with Gasteiger partial charge in [-0.2, -0.15) is 0 Å². The number of nitrogens with zero attached hydrogens (tertiary/aromatic N) is 1. The van der Waals surface area contributed by atoms with E-state index < -0.39 is 11.8 Å². The predicted octanol–water partition coefficient (Wildman–Crippen LogP) is 1.78. The summed E-state index contributed by atoms with van der Waals surface area (Å²) >= 11 is 0. The molecule has 0 N–H and O–H groups in total. The first kappa shape index (κ1) is 10.5. The second-order valence-electron chi connectivity index (χ2n) is 4.45. The van der Waals surface area contributed by atoms with E-state index in [0.29, 0.717) is 19.1 Å². The van der Waals surface area contributed by atoms with E-state index in [2.05, 4.69) is 4.98 Å². The van der Waals surface area contributed by atoms with Crippen LogP contribution in [0, 0.1) is 5.92 Å². The van der Waals surface area contributed by atoms with Gasteiger partial charge in [-0.25, -0.2) is 9.78 Å². The van der Waals surface area contributed by atoms with Crippen molar-refractivity contribution >= 4 is 6.16 Å². The topological polar surface area (TPSA) is 57.7 Å². The molecule has 1 aliphatic heterocycles. The third-order valence-electron chi connectivity index (χ3n) is 3.13.